The number of carbonyl (C=O) groups is 1. The highest BCUT2D eigenvalue weighted by Gasteiger charge is 2.20. The molecular formula is C21H21FN4O3S3. The number of halogens is 1. The van der Waals surface area contributed by atoms with Crippen LogP contribution in [0.3, 0.4) is 0 Å². The molecule has 0 radical (unpaired) electrons. The van der Waals surface area contributed by atoms with Crippen molar-refractivity contribution in [3.05, 3.63) is 69.5 Å². The van der Waals surface area contributed by atoms with Crippen LogP contribution in [0, 0.1) is 15.9 Å². The summed E-state index contributed by atoms with van der Waals surface area (Å²) in [5, 5.41) is 21.2. The van der Waals surface area contributed by atoms with Crippen LogP contribution in [0.1, 0.15) is 37.8 Å². The Hall–Kier alpha value is -2.50. The Kier molecular flexibility index (Phi) is 8.21. The number of amides is 1. The molecule has 0 fully saturated rings. The van der Waals surface area contributed by atoms with Crippen LogP contribution in [0.2, 0.25) is 0 Å². The first-order valence-corrected chi connectivity index (χ1v) is 12.4. The van der Waals surface area contributed by atoms with E-state index in [0.29, 0.717) is 10.3 Å². The molecule has 0 saturated carbocycles. The van der Waals surface area contributed by atoms with E-state index in [4.69, 9.17) is 0 Å². The molecular weight excluding hydrogens is 471 g/mol. The van der Waals surface area contributed by atoms with Gasteiger partial charge in [-0.05, 0) is 36.1 Å². The van der Waals surface area contributed by atoms with Crippen LogP contribution >= 0.6 is 34.9 Å². The second-order valence-electron chi connectivity index (χ2n) is 7.19. The van der Waals surface area contributed by atoms with Gasteiger partial charge in [-0.3, -0.25) is 14.9 Å². The standard InChI is InChI=1S/C21H21FN4O3S3/c1-12(2)15-6-4-14(5-7-15)11-30-20-24-25-21(32-20)31-13(3)19(27)23-16-8-9-17(22)18(10-16)26(28)29/h4-10,12-13H,11H2,1-3H3,(H,23,27). The maximum absolute atomic E-state index is 13.5. The SMILES string of the molecule is CC(Sc1nnc(SCc2ccc(C(C)C)cc2)s1)C(=O)Nc1ccc(F)c([N+](=O)[O-])c1. The molecule has 3 rings (SSSR count). The molecule has 11 heteroatoms. The van der Waals surface area contributed by atoms with Gasteiger partial charge in [-0.25, -0.2) is 0 Å². The smallest absolute Gasteiger partial charge is 0.306 e. The molecule has 1 aromatic heterocycles. The highest BCUT2D eigenvalue weighted by Crippen LogP contribution is 2.33. The molecule has 0 aliphatic rings. The predicted octanol–water partition coefficient (Wildman–Crippen LogP) is 6.12. The maximum Gasteiger partial charge on any atom is 0.306 e. The van der Waals surface area contributed by atoms with E-state index in [1.165, 1.54) is 40.3 Å². The van der Waals surface area contributed by atoms with E-state index in [-0.39, 0.29) is 11.6 Å². The first kappa shape index (κ1) is 24.1. The zero-order valence-electron chi connectivity index (χ0n) is 17.6. The summed E-state index contributed by atoms with van der Waals surface area (Å²) in [4.78, 5) is 22.5. The van der Waals surface area contributed by atoms with Crippen molar-refractivity contribution in [3.63, 3.8) is 0 Å². The number of carbonyl (C=O) groups excluding carboxylic acids is 1. The van der Waals surface area contributed by atoms with Crippen LogP contribution in [0.4, 0.5) is 15.8 Å². The molecule has 168 valence electrons. The average molecular weight is 493 g/mol. The van der Waals surface area contributed by atoms with Gasteiger partial charge < -0.3 is 5.32 Å². The lowest BCUT2D eigenvalue weighted by Gasteiger charge is -2.10. The van der Waals surface area contributed by atoms with Crippen LogP contribution in [-0.4, -0.2) is 26.3 Å². The van der Waals surface area contributed by atoms with Gasteiger partial charge in [0.1, 0.15) is 0 Å². The first-order valence-electron chi connectivity index (χ1n) is 9.69. The summed E-state index contributed by atoms with van der Waals surface area (Å²) in [7, 11) is 0. The van der Waals surface area contributed by atoms with Gasteiger partial charge in [0, 0.05) is 17.5 Å². The number of nitrogens with one attached hydrogen (secondary N) is 1. The van der Waals surface area contributed by atoms with Crippen LogP contribution in [0.15, 0.2) is 51.1 Å². The number of thioether (sulfide) groups is 2. The summed E-state index contributed by atoms with van der Waals surface area (Å²) in [6.45, 7) is 6.02. The van der Waals surface area contributed by atoms with Crippen molar-refractivity contribution in [2.24, 2.45) is 0 Å². The number of hydrogen-bond acceptors (Lipinski definition) is 8. The van der Waals surface area contributed by atoms with E-state index in [1.807, 2.05) is 0 Å². The van der Waals surface area contributed by atoms with E-state index >= 15 is 0 Å². The topological polar surface area (TPSA) is 98.0 Å². The number of nitro groups is 1. The Balaban J connectivity index is 1.53. The second kappa shape index (κ2) is 10.9. The molecule has 1 unspecified atom stereocenters. The largest absolute Gasteiger partial charge is 0.325 e. The molecule has 2 aromatic carbocycles. The van der Waals surface area contributed by atoms with Gasteiger partial charge in [0.05, 0.1) is 10.2 Å². The average Bonchev–Trinajstić information content (AvgIpc) is 3.20. The zero-order chi connectivity index (χ0) is 23.3. The van der Waals surface area contributed by atoms with Gasteiger partial charge >= 0.3 is 5.69 Å². The summed E-state index contributed by atoms with van der Waals surface area (Å²) in [5.41, 5.74) is 1.97. The van der Waals surface area contributed by atoms with Gasteiger partial charge in [0.25, 0.3) is 0 Å². The van der Waals surface area contributed by atoms with Crippen molar-refractivity contribution in [1.82, 2.24) is 10.2 Å². The van der Waals surface area contributed by atoms with Gasteiger partial charge in [0.15, 0.2) is 8.68 Å². The Morgan fingerprint density at radius 1 is 1.16 bits per heavy atom. The number of benzene rings is 2. The normalized spacial score (nSPS) is 12.0. The van der Waals surface area contributed by atoms with Gasteiger partial charge in [0.2, 0.25) is 11.7 Å². The third kappa shape index (κ3) is 6.50. The van der Waals surface area contributed by atoms with Crippen LogP contribution in [0.5, 0.6) is 0 Å². The number of anilines is 1. The number of hydrogen-bond donors (Lipinski definition) is 1. The molecule has 0 aliphatic carbocycles. The molecule has 0 bridgehead atoms. The van der Waals surface area contributed by atoms with Crippen molar-refractivity contribution in [2.45, 2.75) is 46.4 Å². The summed E-state index contributed by atoms with van der Waals surface area (Å²) in [6.07, 6.45) is 0. The summed E-state index contributed by atoms with van der Waals surface area (Å²) < 4.78 is 14.9. The fourth-order valence-corrected chi connectivity index (χ4v) is 5.75. The quantitative estimate of drug-likeness (QED) is 0.218. The summed E-state index contributed by atoms with van der Waals surface area (Å²) in [5.74, 6) is -0.0515. The summed E-state index contributed by atoms with van der Waals surface area (Å²) >= 11 is 4.23. The molecule has 1 heterocycles. The van der Waals surface area contributed by atoms with Crippen molar-refractivity contribution in [2.75, 3.05) is 5.32 Å². The Morgan fingerprint density at radius 2 is 1.84 bits per heavy atom. The van der Waals surface area contributed by atoms with Crippen molar-refractivity contribution >= 4 is 52.1 Å². The number of aromatic nitrogens is 2. The third-order valence-electron chi connectivity index (χ3n) is 4.45. The van der Waals surface area contributed by atoms with Gasteiger partial charge in [-0.2, -0.15) is 4.39 Å². The molecule has 0 saturated heterocycles. The maximum atomic E-state index is 13.5. The van der Waals surface area contributed by atoms with E-state index in [9.17, 15) is 19.3 Å². The molecule has 7 nitrogen and oxygen atoms in total. The lowest BCUT2D eigenvalue weighted by atomic mass is 10.0. The minimum Gasteiger partial charge on any atom is -0.325 e. The Bertz CT molecular complexity index is 1110. The fraction of sp³-hybridized carbons (Fsp3) is 0.286. The molecule has 1 N–H and O–H groups in total. The number of rotatable bonds is 9. The lowest BCUT2D eigenvalue weighted by Crippen LogP contribution is -2.22. The highest BCUT2D eigenvalue weighted by atomic mass is 32.2. The van der Waals surface area contributed by atoms with Crippen LogP contribution in [0.25, 0.3) is 0 Å². The van der Waals surface area contributed by atoms with E-state index in [0.717, 1.165) is 22.2 Å². The fourth-order valence-electron chi connectivity index (χ4n) is 2.63. The third-order valence-corrected chi connectivity index (χ3v) is 7.77. The Labute approximate surface area is 197 Å². The van der Waals surface area contributed by atoms with Gasteiger partial charge in [-0.1, -0.05) is 73.0 Å². The van der Waals surface area contributed by atoms with E-state index < -0.39 is 21.7 Å². The van der Waals surface area contributed by atoms with Crippen LogP contribution < -0.4 is 5.32 Å². The lowest BCUT2D eigenvalue weighted by molar-refractivity contribution is -0.387. The van der Waals surface area contributed by atoms with Crippen molar-refractivity contribution in [3.8, 4) is 0 Å². The van der Waals surface area contributed by atoms with Crippen LogP contribution in [-0.2, 0) is 10.5 Å². The molecule has 1 atom stereocenters. The monoisotopic (exact) mass is 492 g/mol. The molecule has 0 spiro atoms. The number of nitro benzene ring substituents is 1. The first-order chi connectivity index (χ1) is 15.2. The molecule has 0 aliphatic heterocycles. The molecule has 1 amide bonds. The van der Waals surface area contributed by atoms with E-state index in [2.05, 4.69) is 53.6 Å². The minimum absolute atomic E-state index is 0.160. The summed E-state index contributed by atoms with van der Waals surface area (Å²) in [6, 6.07) is 11.7. The van der Waals surface area contributed by atoms with Crippen molar-refractivity contribution in [1.29, 1.82) is 0 Å². The predicted molar refractivity (Wildman–Crippen MR) is 127 cm³/mol. The molecule has 32 heavy (non-hydrogen) atoms. The van der Waals surface area contributed by atoms with Gasteiger partial charge in [-0.15, -0.1) is 10.2 Å². The minimum atomic E-state index is -0.954. The highest BCUT2D eigenvalue weighted by molar-refractivity contribution is 8.03. The Morgan fingerprint density at radius 3 is 2.50 bits per heavy atom. The second-order valence-corrected chi connectivity index (χ2v) is 11.0. The van der Waals surface area contributed by atoms with Crippen molar-refractivity contribution < 1.29 is 14.1 Å². The van der Waals surface area contributed by atoms with E-state index in [1.54, 1.807) is 18.7 Å². The molecule has 3 aromatic rings. The zero-order valence-corrected chi connectivity index (χ0v) is 20.0. The number of nitrogens with zero attached hydrogens (tertiary/aromatic N) is 3.